The van der Waals surface area contributed by atoms with E-state index in [1.54, 1.807) is 6.07 Å². The quantitative estimate of drug-likeness (QED) is 0.809. The van der Waals surface area contributed by atoms with E-state index in [1.165, 1.54) is 12.5 Å². The summed E-state index contributed by atoms with van der Waals surface area (Å²) in [6.07, 6.45) is 6.04. The number of rotatable bonds is 6. The van der Waals surface area contributed by atoms with Gasteiger partial charge in [-0.25, -0.2) is 0 Å². The summed E-state index contributed by atoms with van der Waals surface area (Å²) in [6.45, 7) is 4.10. The van der Waals surface area contributed by atoms with Crippen molar-refractivity contribution in [1.29, 1.82) is 0 Å². The van der Waals surface area contributed by atoms with Gasteiger partial charge in [0.15, 0.2) is 0 Å². The molecule has 0 unspecified atom stereocenters. The summed E-state index contributed by atoms with van der Waals surface area (Å²) < 4.78 is 4.89. The van der Waals surface area contributed by atoms with E-state index in [9.17, 15) is 4.79 Å². The molecule has 2 rings (SSSR count). The van der Waals surface area contributed by atoms with Crippen LogP contribution in [0.25, 0.3) is 0 Å². The van der Waals surface area contributed by atoms with Gasteiger partial charge in [0.1, 0.15) is 6.26 Å². The molecule has 1 fully saturated rings. The van der Waals surface area contributed by atoms with Gasteiger partial charge in [0.25, 0.3) is 5.91 Å². The summed E-state index contributed by atoms with van der Waals surface area (Å²) in [4.78, 5) is 14.1. The monoisotopic (exact) mass is 266 g/mol. The number of hydrogen-bond acceptors (Lipinski definition) is 4. The molecule has 5 heteroatoms. The first kappa shape index (κ1) is 14.1. The smallest absolute Gasteiger partial charge is 0.254 e. The molecule has 1 amide bonds. The Morgan fingerprint density at radius 2 is 2.26 bits per heavy atom. The van der Waals surface area contributed by atoms with E-state index >= 15 is 0 Å². The van der Waals surface area contributed by atoms with E-state index in [-0.39, 0.29) is 12.5 Å². The first-order valence-corrected chi connectivity index (χ1v) is 6.93. The Hall–Kier alpha value is -1.33. The van der Waals surface area contributed by atoms with Crippen LogP contribution >= 0.6 is 0 Å². The number of aliphatic hydroxyl groups excluding tert-OH is 1. The van der Waals surface area contributed by atoms with Crippen LogP contribution in [0, 0.1) is 5.92 Å². The fourth-order valence-corrected chi connectivity index (χ4v) is 2.44. The predicted molar refractivity (Wildman–Crippen MR) is 71.9 cm³/mol. The molecule has 0 aromatic carbocycles. The van der Waals surface area contributed by atoms with Gasteiger partial charge in [0.05, 0.1) is 11.8 Å². The van der Waals surface area contributed by atoms with Crippen molar-refractivity contribution < 1.29 is 14.3 Å². The van der Waals surface area contributed by atoms with E-state index in [0.717, 1.165) is 45.4 Å². The molecule has 5 nitrogen and oxygen atoms in total. The van der Waals surface area contributed by atoms with Crippen molar-refractivity contribution in [3.8, 4) is 0 Å². The summed E-state index contributed by atoms with van der Waals surface area (Å²) in [5.41, 5.74) is 0.584. The molecule has 2 heterocycles. The standard InChI is InChI=1S/C14H22N2O3/c17-8-1-5-16-6-2-12(3-7-16)10-15-14(18)13-4-9-19-11-13/h4,9,11-12,17H,1-3,5-8,10H2,(H,15,18). The Kier molecular flexibility index (Phi) is 5.42. The van der Waals surface area contributed by atoms with Crippen LogP contribution in [0.1, 0.15) is 29.6 Å². The Balaban J connectivity index is 1.64. The molecule has 1 saturated heterocycles. The zero-order valence-electron chi connectivity index (χ0n) is 11.2. The Morgan fingerprint density at radius 1 is 1.47 bits per heavy atom. The van der Waals surface area contributed by atoms with Gasteiger partial charge >= 0.3 is 0 Å². The van der Waals surface area contributed by atoms with Crippen LogP contribution in [0.5, 0.6) is 0 Å². The molecule has 19 heavy (non-hydrogen) atoms. The molecule has 1 aliphatic rings. The SMILES string of the molecule is O=C(NCC1CCN(CCCO)CC1)c1ccoc1. The summed E-state index contributed by atoms with van der Waals surface area (Å²) in [5.74, 6) is 0.498. The zero-order valence-corrected chi connectivity index (χ0v) is 11.2. The lowest BCUT2D eigenvalue weighted by Crippen LogP contribution is -2.39. The summed E-state index contributed by atoms with van der Waals surface area (Å²) in [6, 6.07) is 1.67. The van der Waals surface area contributed by atoms with Crippen molar-refractivity contribution in [1.82, 2.24) is 10.2 Å². The number of hydrogen-bond donors (Lipinski definition) is 2. The first-order valence-electron chi connectivity index (χ1n) is 6.93. The van der Waals surface area contributed by atoms with Crippen molar-refractivity contribution in [2.75, 3.05) is 32.8 Å². The number of likely N-dealkylation sites (tertiary alicyclic amines) is 1. The fourth-order valence-electron chi connectivity index (χ4n) is 2.44. The van der Waals surface area contributed by atoms with Crippen LogP contribution in [0.2, 0.25) is 0 Å². The molecular formula is C14H22N2O3. The second-order valence-electron chi connectivity index (χ2n) is 5.08. The Labute approximate surface area is 113 Å². The van der Waals surface area contributed by atoms with Crippen LogP contribution in [-0.2, 0) is 0 Å². The van der Waals surface area contributed by atoms with Crippen LogP contribution in [0.15, 0.2) is 23.0 Å². The second kappa shape index (κ2) is 7.31. The highest BCUT2D eigenvalue weighted by atomic mass is 16.3. The topological polar surface area (TPSA) is 65.7 Å². The van der Waals surface area contributed by atoms with E-state index in [4.69, 9.17) is 9.52 Å². The zero-order chi connectivity index (χ0) is 13.5. The number of nitrogens with one attached hydrogen (secondary N) is 1. The van der Waals surface area contributed by atoms with Gasteiger partial charge in [-0.1, -0.05) is 0 Å². The third kappa shape index (κ3) is 4.36. The highest BCUT2D eigenvalue weighted by Crippen LogP contribution is 2.16. The lowest BCUT2D eigenvalue weighted by Gasteiger charge is -2.31. The van der Waals surface area contributed by atoms with Gasteiger partial charge in [-0.3, -0.25) is 4.79 Å². The van der Waals surface area contributed by atoms with Gasteiger partial charge in [-0.15, -0.1) is 0 Å². The minimum absolute atomic E-state index is 0.0588. The van der Waals surface area contributed by atoms with Crippen LogP contribution in [0.4, 0.5) is 0 Å². The lowest BCUT2D eigenvalue weighted by atomic mass is 9.96. The minimum atomic E-state index is -0.0588. The summed E-state index contributed by atoms with van der Waals surface area (Å²) >= 11 is 0. The minimum Gasteiger partial charge on any atom is -0.472 e. The molecule has 1 aliphatic heterocycles. The molecule has 1 aromatic heterocycles. The van der Waals surface area contributed by atoms with Gasteiger partial charge in [-0.05, 0) is 44.3 Å². The predicted octanol–water partition coefficient (Wildman–Crippen LogP) is 1.10. The van der Waals surface area contributed by atoms with Crippen molar-refractivity contribution in [3.63, 3.8) is 0 Å². The number of carbonyl (C=O) groups excluding carboxylic acids is 1. The Bertz CT molecular complexity index is 370. The number of carbonyl (C=O) groups is 1. The lowest BCUT2D eigenvalue weighted by molar-refractivity contribution is 0.0934. The highest BCUT2D eigenvalue weighted by Gasteiger charge is 2.19. The molecular weight excluding hydrogens is 244 g/mol. The van der Waals surface area contributed by atoms with Crippen molar-refractivity contribution >= 4 is 5.91 Å². The van der Waals surface area contributed by atoms with E-state index < -0.39 is 0 Å². The number of piperidine rings is 1. The van der Waals surface area contributed by atoms with Gasteiger partial charge in [0.2, 0.25) is 0 Å². The average molecular weight is 266 g/mol. The van der Waals surface area contributed by atoms with Crippen molar-refractivity contribution in [3.05, 3.63) is 24.2 Å². The average Bonchev–Trinajstić information content (AvgIpc) is 2.98. The third-order valence-electron chi connectivity index (χ3n) is 3.67. The molecule has 1 aromatic rings. The van der Waals surface area contributed by atoms with E-state index in [1.807, 2.05) is 0 Å². The molecule has 0 bridgehead atoms. The molecule has 0 spiro atoms. The number of furan rings is 1. The summed E-state index contributed by atoms with van der Waals surface area (Å²) in [5, 5.41) is 11.8. The summed E-state index contributed by atoms with van der Waals surface area (Å²) in [7, 11) is 0. The van der Waals surface area contributed by atoms with Gasteiger partial charge in [0, 0.05) is 19.7 Å². The highest BCUT2D eigenvalue weighted by molar-refractivity contribution is 5.93. The number of aliphatic hydroxyl groups is 1. The number of amides is 1. The van der Waals surface area contributed by atoms with Crippen molar-refractivity contribution in [2.24, 2.45) is 5.92 Å². The normalized spacial score (nSPS) is 17.5. The molecule has 106 valence electrons. The van der Waals surface area contributed by atoms with Gasteiger partial charge < -0.3 is 19.7 Å². The maximum Gasteiger partial charge on any atom is 0.254 e. The molecule has 0 radical (unpaired) electrons. The first-order chi connectivity index (χ1) is 9.29. The van der Waals surface area contributed by atoms with Gasteiger partial charge in [-0.2, -0.15) is 0 Å². The van der Waals surface area contributed by atoms with Crippen LogP contribution in [0.3, 0.4) is 0 Å². The second-order valence-corrected chi connectivity index (χ2v) is 5.08. The van der Waals surface area contributed by atoms with Crippen molar-refractivity contribution in [2.45, 2.75) is 19.3 Å². The maximum atomic E-state index is 11.7. The van der Waals surface area contributed by atoms with E-state index in [2.05, 4.69) is 10.2 Å². The number of nitrogens with zero attached hydrogens (tertiary/aromatic N) is 1. The maximum absolute atomic E-state index is 11.7. The largest absolute Gasteiger partial charge is 0.472 e. The fraction of sp³-hybridized carbons (Fsp3) is 0.643. The Morgan fingerprint density at radius 3 is 2.89 bits per heavy atom. The van der Waals surface area contributed by atoms with E-state index in [0.29, 0.717) is 11.5 Å². The molecule has 0 saturated carbocycles. The molecule has 0 aliphatic carbocycles. The molecule has 2 N–H and O–H groups in total. The third-order valence-corrected chi connectivity index (χ3v) is 3.67. The molecule has 0 atom stereocenters. The van der Waals surface area contributed by atoms with Crippen LogP contribution < -0.4 is 5.32 Å². The van der Waals surface area contributed by atoms with Crippen LogP contribution in [-0.4, -0.2) is 48.7 Å².